The van der Waals surface area contributed by atoms with Crippen molar-refractivity contribution in [2.75, 3.05) is 20.2 Å². The summed E-state index contributed by atoms with van der Waals surface area (Å²) >= 11 is 0. The number of methoxy groups -OCH3 is 1. The summed E-state index contributed by atoms with van der Waals surface area (Å²) in [5.74, 6) is -1.76. The van der Waals surface area contributed by atoms with Crippen molar-refractivity contribution >= 4 is 17.8 Å². The summed E-state index contributed by atoms with van der Waals surface area (Å²) in [5.41, 5.74) is 0.464. The van der Waals surface area contributed by atoms with Crippen molar-refractivity contribution in [1.29, 1.82) is 0 Å². The number of aliphatic carboxylic acids is 1. The number of carbonyl (C=O) groups is 3. The highest BCUT2D eigenvalue weighted by Gasteiger charge is 2.14. The third kappa shape index (κ3) is 6.53. The molecule has 0 saturated heterocycles. The van der Waals surface area contributed by atoms with Gasteiger partial charge >= 0.3 is 5.97 Å². The lowest BCUT2D eigenvalue weighted by Crippen LogP contribution is -2.40. The molecule has 1 aromatic carbocycles. The second-order valence-corrected chi connectivity index (χ2v) is 4.31. The molecule has 3 N–H and O–H groups in total. The van der Waals surface area contributed by atoms with E-state index in [0.717, 1.165) is 0 Å². The van der Waals surface area contributed by atoms with Crippen LogP contribution in [0.3, 0.4) is 0 Å². The molecule has 0 radical (unpaired) electrons. The van der Waals surface area contributed by atoms with E-state index >= 15 is 0 Å². The Morgan fingerprint density at radius 2 is 1.86 bits per heavy atom. The van der Waals surface area contributed by atoms with E-state index < -0.39 is 18.0 Å². The molecule has 7 nitrogen and oxygen atoms in total. The topological polar surface area (TPSA) is 105 Å². The molecular formula is C14H18N2O5. The van der Waals surface area contributed by atoms with Gasteiger partial charge in [0.1, 0.15) is 0 Å². The van der Waals surface area contributed by atoms with Gasteiger partial charge in [0.15, 0.2) is 0 Å². The van der Waals surface area contributed by atoms with Crippen LogP contribution in [0.5, 0.6) is 0 Å². The summed E-state index contributed by atoms with van der Waals surface area (Å²) < 4.78 is 4.92. The smallest absolute Gasteiger partial charge is 0.306 e. The molecule has 0 spiro atoms. The summed E-state index contributed by atoms with van der Waals surface area (Å²) in [6.07, 6.45) is -0.802. The Bertz CT molecular complexity index is 489. The highest BCUT2D eigenvalue weighted by atomic mass is 16.5. The van der Waals surface area contributed by atoms with Crippen LogP contribution in [0, 0.1) is 0 Å². The van der Waals surface area contributed by atoms with Gasteiger partial charge in [0.25, 0.3) is 5.91 Å². The van der Waals surface area contributed by atoms with E-state index in [1.807, 2.05) is 0 Å². The Labute approximate surface area is 122 Å². The van der Waals surface area contributed by atoms with Crippen LogP contribution in [0.1, 0.15) is 16.8 Å². The van der Waals surface area contributed by atoms with Crippen molar-refractivity contribution in [2.45, 2.75) is 12.5 Å². The predicted octanol–water partition coefficient (Wildman–Crippen LogP) is 0.0223. The minimum atomic E-state index is -1.01. The maximum atomic E-state index is 11.7. The molecule has 1 atom stereocenters. The van der Waals surface area contributed by atoms with E-state index in [1.54, 1.807) is 30.3 Å². The number of rotatable bonds is 8. The van der Waals surface area contributed by atoms with E-state index in [4.69, 9.17) is 9.84 Å². The van der Waals surface area contributed by atoms with Crippen LogP contribution < -0.4 is 10.6 Å². The molecule has 2 amide bonds. The third-order valence-electron chi connectivity index (χ3n) is 2.71. The maximum Gasteiger partial charge on any atom is 0.306 e. The maximum absolute atomic E-state index is 11.7. The van der Waals surface area contributed by atoms with E-state index in [9.17, 15) is 14.4 Å². The second kappa shape index (κ2) is 8.70. The number of nitrogens with one attached hydrogen (secondary N) is 2. The summed E-state index contributed by atoms with van der Waals surface area (Å²) in [4.78, 5) is 33.8. The fraction of sp³-hybridized carbons (Fsp3) is 0.357. The van der Waals surface area contributed by atoms with Crippen molar-refractivity contribution in [3.63, 3.8) is 0 Å². The molecule has 0 aliphatic rings. The minimum absolute atomic E-state index is 0.0723. The van der Waals surface area contributed by atoms with Gasteiger partial charge in [-0.3, -0.25) is 14.4 Å². The molecule has 0 bridgehead atoms. The first-order valence-corrected chi connectivity index (χ1v) is 6.37. The number of hydrogen-bond acceptors (Lipinski definition) is 4. The zero-order valence-corrected chi connectivity index (χ0v) is 11.7. The highest BCUT2D eigenvalue weighted by molar-refractivity contribution is 5.96. The number of carboxylic acids is 1. The van der Waals surface area contributed by atoms with Crippen LogP contribution in [0.15, 0.2) is 30.3 Å². The van der Waals surface area contributed by atoms with Crippen molar-refractivity contribution in [1.82, 2.24) is 10.6 Å². The van der Waals surface area contributed by atoms with Gasteiger partial charge in [-0.25, -0.2) is 0 Å². The monoisotopic (exact) mass is 294 g/mol. The molecule has 1 unspecified atom stereocenters. The van der Waals surface area contributed by atoms with E-state index in [2.05, 4.69) is 10.6 Å². The van der Waals surface area contributed by atoms with Gasteiger partial charge in [-0.05, 0) is 12.1 Å². The molecule has 0 saturated carbocycles. The number of carboxylic acid groups (broad SMARTS) is 1. The molecule has 1 rings (SSSR count). The summed E-state index contributed by atoms with van der Waals surface area (Å²) in [5, 5.41) is 13.6. The normalized spacial score (nSPS) is 11.5. The summed E-state index contributed by atoms with van der Waals surface area (Å²) in [6.45, 7) is -0.111. The Morgan fingerprint density at radius 3 is 2.43 bits per heavy atom. The molecule has 0 heterocycles. The van der Waals surface area contributed by atoms with Crippen molar-refractivity contribution < 1.29 is 24.2 Å². The molecule has 0 aliphatic heterocycles. The first-order valence-electron chi connectivity index (χ1n) is 6.37. The van der Waals surface area contributed by atoms with Crippen LogP contribution in [0.4, 0.5) is 0 Å². The van der Waals surface area contributed by atoms with E-state index in [-0.39, 0.29) is 25.4 Å². The number of benzene rings is 1. The quantitative estimate of drug-likeness (QED) is 0.627. The fourth-order valence-corrected chi connectivity index (χ4v) is 1.58. The van der Waals surface area contributed by atoms with Crippen molar-refractivity contribution in [2.24, 2.45) is 0 Å². The first-order chi connectivity index (χ1) is 10.0. The van der Waals surface area contributed by atoms with Crippen molar-refractivity contribution in [3.8, 4) is 0 Å². The second-order valence-electron chi connectivity index (χ2n) is 4.31. The predicted molar refractivity (Wildman–Crippen MR) is 74.8 cm³/mol. The largest absolute Gasteiger partial charge is 0.481 e. The van der Waals surface area contributed by atoms with Gasteiger partial charge in [0.2, 0.25) is 5.91 Å². The molecule has 1 aromatic rings. The van der Waals surface area contributed by atoms with E-state index in [1.165, 1.54) is 7.11 Å². The van der Waals surface area contributed by atoms with Gasteiger partial charge in [0.05, 0.1) is 19.1 Å². The Hall–Kier alpha value is -2.41. The zero-order chi connectivity index (χ0) is 15.7. The molecule has 21 heavy (non-hydrogen) atoms. The number of ether oxygens (including phenoxy) is 1. The average molecular weight is 294 g/mol. The molecule has 114 valence electrons. The lowest BCUT2D eigenvalue weighted by atomic mass is 10.2. The SMILES string of the molecule is COC(CNC(=O)CNC(=O)c1ccccc1)CC(=O)O. The number of carbonyl (C=O) groups excluding carboxylic acids is 2. The van der Waals surface area contributed by atoms with Gasteiger partial charge in [-0.15, -0.1) is 0 Å². The lowest BCUT2D eigenvalue weighted by Gasteiger charge is -2.14. The molecular weight excluding hydrogens is 276 g/mol. The highest BCUT2D eigenvalue weighted by Crippen LogP contribution is 1.97. The fourth-order valence-electron chi connectivity index (χ4n) is 1.58. The summed E-state index contributed by atoms with van der Waals surface area (Å²) in [6, 6.07) is 8.52. The number of hydrogen-bond donors (Lipinski definition) is 3. The first kappa shape index (κ1) is 16.6. The van der Waals surface area contributed by atoms with Crippen LogP contribution in [0.25, 0.3) is 0 Å². The van der Waals surface area contributed by atoms with Gasteiger partial charge in [0, 0.05) is 19.2 Å². The lowest BCUT2D eigenvalue weighted by molar-refractivity contribution is -0.140. The van der Waals surface area contributed by atoms with Crippen molar-refractivity contribution in [3.05, 3.63) is 35.9 Å². The molecule has 0 aromatic heterocycles. The number of amides is 2. The van der Waals surface area contributed by atoms with Crippen LogP contribution in [-0.4, -0.2) is 49.2 Å². The Kier molecular flexibility index (Phi) is 6.90. The van der Waals surface area contributed by atoms with Crippen LogP contribution >= 0.6 is 0 Å². The van der Waals surface area contributed by atoms with Gasteiger partial charge in [-0.1, -0.05) is 18.2 Å². The minimum Gasteiger partial charge on any atom is -0.481 e. The summed E-state index contributed by atoms with van der Waals surface area (Å²) in [7, 11) is 1.37. The van der Waals surface area contributed by atoms with Crippen LogP contribution in [-0.2, 0) is 14.3 Å². The molecule has 0 aliphatic carbocycles. The van der Waals surface area contributed by atoms with E-state index in [0.29, 0.717) is 5.56 Å². The standard InChI is InChI=1S/C14H18N2O5/c1-21-11(7-13(18)19)8-15-12(17)9-16-14(20)10-5-3-2-4-6-10/h2-6,11H,7-9H2,1H3,(H,15,17)(H,16,20)(H,18,19). The molecule has 7 heteroatoms. The average Bonchev–Trinajstić information content (AvgIpc) is 2.49. The zero-order valence-electron chi connectivity index (χ0n) is 11.7. The molecule has 0 fully saturated rings. The third-order valence-corrected chi connectivity index (χ3v) is 2.71. The van der Waals surface area contributed by atoms with Gasteiger partial charge in [-0.2, -0.15) is 0 Å². The van der Waals surface area contributed by atoms with Crippen LogP contribution in [0.2, 0.25) is 0 Å². The Morgan fingerprint density at radius 1 is 1.19 bits per heavy atom. The van der Waals surface area contributed by atoms with Gasteiger partial charge < -0.3 is 20.5 Å². The Balaban J connectivity index is 2.31.